The third-order valence-electron chi connectivity index (χ3n) is 4.68. The zero-order valence-electron chi connectivity index (χ0n) is 11.9. The van der Waals surface area contributed by atoms with Gasteiger partial charge in [-0.05, 0) is 44.3 Å². The minimum atomic E-state index is 0.630. The van der Waals surface area contributed by atoms with E-state index in [0.29, 0.717) is 6.04 Å². The third kappa shape index (κ3) is 3.58. The Hall–Kier alpha value is -0.860. The van der Waals surface area contributed by atoms with Crippen molar-refractivity contribution in [2.75, 3.05) is 19.6 Å². The van der Waals surface area contributed by atoms with E-state index < -0.39 is 0 Å². The molecule has 2 aliphatic rings. The summed E-state index contributed by atoms with van der Waals surface area (Å²) < 4.78 is 0. The normalized spacial score (nSPS) is 26.4. The largest absolute Gasteiger partial charge is 0.312 e. The lowest BCUT2D eigenvalue weighted by atomic mass is 10.0. The van der Waals surface area contributed by atoms with E-state index in [1.54, 1.807) is 0 Å². The second-order valence-corrected chi connectivity index (χ2v) is 6.13. The molecular formula is C17H26N2. The lowest BCUT2D eigenvalue weighted by Crippen LogP contribution is -2.42. The Morgan fingerprint density at radius 2 is 1.84 bits per heavy atom. The number of hydrogen-bond acceptors (Lipinski definition) is 2. The van der Waals surface area contributed by atoms with Crippen molar-refractivity contribution >= 4 is 0 Å². The molecule has 2 heteroatoms. The highest BCUT2D eigenvalue weighted by molar-refractivity contribution is 5.16. The van der Waals surface area contributed by atoms with Crippen molar-refractivity contribution in [2.24, 2.45) is 0 Å². The van der Waals surface area contributed by atoms with Crippen molar-refractivity contribution in [2.45, 2.75) is 50.6 Å². The molecule has 1 N–H and O–H groups in total. The van der Waals surface area contributed by atoms with E-state index in [-0.39, 0.29) is 0 Å². The van der Waals surface area contributed by atoms with E-state index in [1.807, 2.05) is 0 Å². The van der Waals surface area contributed by atoms with Crippen LogP contribution in [-0.2, 0) is 6.42 Å². The van der Waals surface area contributed by atoms with Crippen molar-refractivity contribution in [3.8, 4) is 0 Å². The monoisotopic (exact) mass is 258 g/mol. The Balaban J connectivity index is 1.61. The molecule has 1 atom stereocenters. The summed E-state index contributed by atoms with van der Waals surface area (Å²) in [4.78, 5) is 2.76. The van der Waals surface area contributed by atoms with Gasteiger partial charge in [0, 0.05) is 18.6 Å². The minimum Gasteiger partial charge on any atom is -0.312 e. The SMILES string of the molecule is c1ccc(CC2CN(C3CCCC3)CCCN2)cc1. The first-order valence-electron chi connectivity index (χ1n) is 7.93. The van der Waals surface area contributed by atoms with Gasteiger partial charge in [-0.1, -0.05) is 43.2 Å². The molecule has 1 aliphatic carbocycles. The van der Waals surface area contributed by atoms with Crippen LogP contribution >= 0.6 is 0 Å². The molecular weight excluding hydrogens is 232 g/mol. The fraction of sp³-hybridized carbons (Fsp3) is 0.647. The zero-order valence-corrected chi connectivity index (χ0v) is 11.9. The number of benzene rings is 1. The van der Waals surface area contributed by atoms with Gasteiger partial charge in [-0.3, -0.25) is 4.90 Å². The van der Waals surface area contributed by atoms with Crippen LogP contribution in [0.5, 0.6) is 0 Å². The molecule has 3 rings (SSSR count). The van der Waals surface area contributed by atoms with Gasteiger partial charge in [0.25, 0.3) is 0 Å². The average molecular weight is 258 g/mol. The van der Waals surface area contributed by atoms with Crippen molar-refractivity contribution in [3.63, 3.8) is 0 Å². The maximum absolute atomic E-state index is 3.74. The topological polar surface area (TPSA) is 15.3 Å². The second-order valence-electron chi connectivity index (χ2n) is 6.13. The van der Waals surface area contributed by atoms with Crippen LogP contribution in [0.4, 0.5) is 0 Å². The summed E-state index contributed by atoms with van der Waals surface area (Å²) in [5, 5.41) is 3.74. The van der Waals surface area contributed by atoms with Gasteiger partial charge in [-0.25, -0.2) is 0 Å². The molecule has 1 aromatic carbocycles. The Morgan fingerprint density at radius 3 is 2.63 bits per heavy atom. The lowest BCUT2D eigenvalue weighted by Gasteiger charge is -2.30. The zero-order chi connectivity index (χ0) is 12.9. The number of nitrogens with one attached hydrogen (secondary N) is 1. The smallest absolute Gasteiger partial charge is 0.0235 e. The Labute approximate surface area is 117 Å². The highest BCUT2D eigenvalue weighted by Gasteiger charge is 2.26. The summed E-state index contributed by atoms with van der Waals surface area (Å²) in [5.41, 5.74) is 1.47. The van der Waals surface area contributed by atoms with Gasteiger partial charge in [0.15, 0.2) is 0 Å². The van der Waals surface area contributed by atoms with Gasteiger partial charge in [-0.15, -0.1) is 0 Å². The van der Waals surface area contributed by atoms with Gasteiger partial charge in [0.1, 0.15) is 0 Å². The molecule has 104 valence electrons. The predicted molar refractivity (Wildman–Crippen MR) is 80.4 cm³/mol. The molecule has 1 saturated heterocycles. The number of nitrogens with zero attached hydrogens (tertiary/aromatic N) is 1. The number of hydrogen-bond donors (Lipinski definition) is 1. The molecule has 1 aliphatic heterocycles. The highest BCUT2D eigenvalue weighted by atomic mass is 15.2. The van der Waals surface area contributed by atoms with Gasteiger partial charge < -0.3 is 5.32 Å². The maximum atomic E-state index is 3.74. The first-order chi connectivity index (χ1) is 9.42. The molecule has 0 amide bonds. The summed E-state index contributed by atoms with van der Waals surface area (Å²) in [7, 11) is 0. The molecule has 0 spiro atoms. The molecule has 2 fully saturated rings. The van der Waals surface area contributed by atoms with Crippen molar-refractivity contribution in [1.82, 2.24) is 10.2 Å². The van der Waals surface area contributed by atoms with E-state index in [9.17, 15) is 0 Å². The fourth-order valence-electron chi connectivity index (χ4n) is 3.66. The Kier molecular flexibility index (Phi) is 4.52. The fourth-order valence-corrected chi connectivity index (χ4v) is 3.66. The third-order valence-corrected chi connectivity index (χ3v) is 4.68. The number of rotatable bonds is 3. The van der Waals surface area contributed by atoms with Gasteiger partial charge in [-0.2, -0.15) is 0 Å². The minimum absolute atomic E-state index is 0.630. The van der Waals surface area contributed by atoms with Crippen LogP contribution in [0.25, 0.3) is 0 Å². The van der Waals surface area contributed by atoms with Crippen molar-refractivity contribution in [1.29, 1.82) is 0 Å². The van der Waals surface area contributed by atoms with E-state index in [4.69, 9.17) is 0 Å². The van der Waals surface area contributed by atoms with E-state index in [1.165, 1.54) is 63.7 Å². The predicted octanol–water partition coefficient (Wildman–Crippen LogP) is 2.84. The Bertz CT molecular complexity index is 370. The van der Waals surface area contributed by atoms with Crippen LogP contribution < -0.4 is 5.32 Å². The van der Waals surface area contributed by atoms with Crippen LogP contribution in [0.3, 0.4) is 0 Å². The summed E-state index contributed by atoms with van der Waals surface area (Å²) in [6.45, 7) is 3.71. The van der Waals surface area contributed by atoms with Crippen LogP contribution in [0, 0.1) is 0 Å². The van der Waals surface area contributed by atoms with Gasteiger partial charge in [0.05, 0.1) is 0 Å². The summed E-state index contributed by atoms with van der Waals surface area (Å²) >= 11 is 0. The molecule has 19 heavy (non-hydrogen) atoms. The quantitative estimate of drug-likeness (QED) is 0.897. The average Bonchev–Trinajstić information content (AvgIpc) is 2.88. The molecule has 0 bridgehead atoms. The summed E-state index contributed by atoms with van der Waals surface area (Å²) in [6.07, 6.45) is 8.22. The maximum Gasteiger partial charge on any atom is 0.0235 e. The standard InChI is InChI=1S/C17H26N2/c1-2-7-15(8-3-1)13-16-14-19(12-6-11-18-16)17-9-4-5-10-17/h1-3,7-8,16-18H,4-6,9-14H2. The van der Waals surface area contributed by atoms with E-state index in [2.05, 4.69) is 40.5 Å². The lowest BCUT2D eigenvalue weighted by molar-refractivity contribution is 0.194. The summed E-state index contributed by atoms with van der Waals surface area (Å²) in [6, 6.07) is 12.4. The molecule has 1 unspecified atom stereocenters. The molecule has 1 heterocycles. The van der Waals surface area contributed by atoms with Crippen LogP contribution in [-0.4, -0.2) is 36.6 Å². The van der Waals surface area contributed by atoms with Crippen LogP contribution in [0.2, 0.25) is 0 Å². The first kappa shape index (κ1) is 13.1. The van der Waals surface area contributed by atoms with Crippen LogP contribution in [0.15, 0.2) is 30.3 Å². The van der Waals surface area contributed by atoms with E-state index in [0.717, 1.165) is 6.04 Å². The van der Waals surface area contributed by atoms with Gasteiger partial charge >= 0.3 is 0 Å². The van der Waals surface area contributed by atoms with Crippen molar-refractivity contribution < 1.29 is 0 Å². The summed E-state index contributed by atoms with van der Waals surface area (Å²) in [5.74, 6) is 0. The molecule has 1 aromatic rings. The molecule has 1 saturated carbocycles. The highest BCUT2D eigenvalue weighted by Crippen LogP contribution is 2.24. The van der Waals surface area contributed by atoms with E-state index >= 15 is 0 Å². The second kappa shape index (κ2) is 6.53. The molecule has 0 radical (unpaired) electrons. The Morgan fingerprint density at radius 1 is 1.05 bits per heavy atom. The molecule has 0 aromatic heterocycles. The van der Waals surface area contributed by atoms with Crippen molar-refractivity contribution in [3.05, 3.63) is 35.9 Å². The van der Waals surface area contributed by atoms with Gasteiger partial charge in [0.2, 0.25) is 0 Å². The van der Waals surface area contributed by atoms with Crippen LogP contribution in [0.1, 0.15) is 37.7 Å². The molecule has 2 nitrogen and oxygen atoms in total. The first-order valence-corrected chi connectivity index (χ1v) is 7.93.